The Morgan fingerprint density at radius 3 is 2.25 bits per heavy atom. The van der Waals surface area contributed by atoms with Crippen molar-refractivity contribution >= 4 is 11.8 Å². The van der Waals surface area contributed by atoms with E-state index in [1.54, 1.807) is 6.92 Å². The van der Waals surface area contributed by atoms with Gasteiger partial charge in [0, 0.05) is 0 Å². The first-order chi connectivity index (χ1) is 3.62. The average Bonchev–Trinajstić information content (AvgIpc) is 1.67. The molecule has 0 aromatic carbocycles. The van der Waals surface area contributed by atoms with Crippen molar-refractivity contribution < 1.29 is 36.3 Å². The van der Waals surface area contributed by atoms with Crippen molar-refractivity contribution in [1.29, 1.82) is 0 Å². The zero-order valence-corrected chi connectivity index (χ0v) is 11.2. The van der Waals surface area contributed by atoms with Crippen molar-refractivity contribution in [3.63, 3.8) is 0 Å². The van der Waals surface area contributed by atoms with E-state index in [0.29, 0.717) is 32.5 Å². The zero-order valence-electron chi connectivity index (χ0n) is 4.92. The second-order valence-corrected chi connectivity index (χ2v) is 7.56. The van der Waals surface area contributed by atoms with E-state index < -0.39 is 5.12 Å². The maximum atomic E-state index is 8.87. The van der Waals surface area contributed by atoms with Crippen LogP contribution in [0.2, 0.25) is 0 Å². The van der Waals surface area contributed by atoms with E-state index in [1.807, 2.05) is 0 Å². The second kappa shape index (κ2) is 4.09. The molecule has 0 unspecified atom stereocenters. The molecule has 4 heteroatoms. The van der Waals surface area contributed by atoms with Gasteiger partial charge in [-0.1, -0.05) is 0 Å². The van der Waals surface area contributed by atoms with Gasteiger partial charge in [-0.15, -0.1) is 0 Å². The van der Waals surface area contributed by atoms with Crippen molar-refractivity contribution in [3.8, 4) is 0 Å². The van der Waals surface area contributed by atoms with Gasteiger partial charge in [-0.25, -0.2) is 0 Å². The van der Waals surface area contributed by atoms with Crippen LogP contribution >= 0.6 is 11.8 Å². The Hall–Kier alpha value is 1.21. The van der Waals surface area contributed by atoms with Gasteiger partial charge in [-0.2, -0.15) is 0 Å². The first-order valence-electron chi connectivity index (χ1n) is 2.50. The molecular weight excluding hydrogens is 313 g/mol. The minimum atomic E-state index is -1.44. The van der Waals surface area contributed by atoms with Gasteiger partial charge >= 0.3 is 69.8 Å². The van der Waals surface area contributed by atoms with Crippen molar-refractivity contribution in [2.45, 2.75) is 18.5 Å². The molecule has 0 radical (unpaired) electrons. The molecular formula is C4H9HgO2S+. The van der Waals surface area contributed by atoms with E-state index in [1.165, 1.54) is 11.8 Å². The van der Waals surface area contributed by atoms with Crippen molar-refractivity contribution in [2.24, 2.45) is 0 Å². The predicted molar refractivity (Wildman–Crippen MR) is 29.9 cm³/mol. The normalized spacial score (nSPS) is 12.1. The van der Waals surface area contributed by atoms with Crippen LogP contribution in [-0.2, 0) is 26.1 Å². The van der Waals surface area contributed by atoms with Crippen molar-refractivity contribution in [2.75, 3.05) is 3.26 Å². The number of hydrogen-bond acceptors (Lipinski definition) is 3. The third kappa shape index (κ3) is 4.12. The molecule has 2 nitrogen and oxygen atoms in total. The van der Waals surface area contributed by atoms with E-state index >= 15 is 0 Å². The Morgan fingerprint density at radius 1 is 1.62 bits per heavy atom. The Balaban J connectivity index is 3.37. The van der Waals surface area contributed by atoms with Gasteiger partial charge in [0.1, 0.15) is 0 Å². The quantitative estimate of drug-likeness (QED) is 0.579. The molecule has 0 bridgehead atoms. The van der Waals surface area contributed by atoms with Crippen LogP contribution in [0.4, 0.5) is 0 Å². The van der Waals surface area contributed by atoms with E-state index in [-0.39, 0.29) is 0 Å². The van der Waals surface area contributed by atoms with Crippen LogP contribution in [0.15, 0.2) is 0 Å². The summed E-state index contributed by atoms with van der Waals surface area (Å²) < 4.78 is 0.931. The summed E-state index contributed by atoms with van der Waals surface area (Å²) in [6, 6.07) is 0. The van der Waals surface area contributed by atoms with Crippen LogP contribution < -0.4 is 0 Å². The van der Waals surface area contributed by atoms with Gasteiger partial charge in [-0.3, -0.25) is 0 Å². The molecule has 0 saturated heterocycles. The van der Waals surface area contributed by atoms with Crippen LogP contribution in [0, 0.1) is 0 Å². The van der Waals surface area contributed by atoms with E-state index in [9.17, 15) is 0 Å². The fraction of sp³-hybridized carbons (Fsp3) is 1.00. The molecule has 0 fully saturated rings. The summed E-state index contributed by atoms with van der Waals surface area (Å²) in [7, 11) is 0. The first-order valence-corrected chi connectivity index (χ1v) is 7.37. The summed E-state index contributed by atoms with van der Waals surface area (Å²) in [5.74, 6) is 0. The molecule has 0 aliphatic rings. The summed E-state index contributed by atoms with van der Waals surface area (Å²) >= 11 is 1.90. The number of aliphatic hydroxyl groups is 2. The fourth-order valence-corrected chi connectivity index (χ4v) is 4.61. The zero-order chi connectivity index (χ0) is 6.62. The molecule has 2 N–H and O–H groups in total. The SMILES string of the molecule is CCC(O)(O)S[CH2][Hg+]. The molecule has 0 aliphatic heterocycles. The van der Waals surface area contributed by atoms with Gasteiger partial charge in [0.25, 0.3) is 0 Å². The van der Waals surface area contributed by atoms with Gasteiger partial charge in [0.15, 0.2) is 0 Å². The third-order valence-corrected chi connectivity index (χ3v) is 4.13. The first kappa shape index (κ1) is 9.21. The molecule has 0 aliphatic carbocycles. The van der Waals surface area contributed by atoms with Crippen molar-refractivity contribution in [1.82, 2.24) is 0 Å². The molecule has 0 aromatic rings. The summed E-state index contributed by atoms with van der Waals surface area (Å²) in [6.07, 6.45) is 0.412. The van der Waals surface area contributed by atoms with E-state index in [2.05, 4.69) is 0 Å². The molecule has 0 amide bonds. The molecule has 8 heavy (non-hydrogen) atoms. The average molecular weight is 322 g/mol. The van der Waals surface area contributed by atoms with Crippen LogP contribution in [0.3, 0.4) is 0 Å². The fourth-order valence-electron chi connectivity index (χ4n) is 0.266. The molecule has 0 saturated carbocycles. The number of hydrogen-bond donors (Lipinski definition) is 2. The Morgan fingerprint density at radius 2 is 2.12 bits per heavy atom. The Kier molecular flexibility index (Phi) is 4.71. The predicted octanol–water partition coefficient (Wildman–Crippen LogP) is 0.272. The topological polar surface area (TPSA) is 40.5 Å². The molecule has 0 heterocycles. The minimum absolute atomic E-state index is 0.412. The van der Waals surface area contributed by atoms with Crippen LogP contribution in [0.5, 0.6) is 0 Å². The van der Waals surface area contributed by atoms with Gasteiger partial charge in [0.05, 0.1) is 0 Å². The van der Waals surface area contributed by atoms with Crippen LogP contribution in [-0.4, -0.2) is 18.6 Å². The van der Waals surface area contributed by atoms with Gasteiger partial charge in [-0.05, 0) is 0 Å². The van der Waals surface area contributed by atoms with E-state index in [0.717, 1.165) is 3.26 Å². The molecule has 44 valence electrons. The number of thioether (sulfide) groups is 1. The third-order valence-electron chi connectivity index (χ3n) is 0.794. The van der Waals surface area contributed by atoms with Crippen LogP contribution in [0.1, 0.15) is 13.3 Å². The summed E-state index contributed by atoms with van der Waals surface area (Å²) in [5.41, 5.74) is 0. The van der Waals surface area contributed by atoms with Crippen LogP contribution in [0.25, 0.3) is 0 Å². The molecule has 0 atom stereocenters. The molecule has 0 rings (SSSR count). The second-order valence-electron chi connectivity index (χ2n) is 1.45. The van der Waals surface area contributed by atoms with Crippen molar-refractivity contribution in [3.05, 3.63) is 0 Å². The number of rotatable bonds is 3. The molecule has 0 aromatic heterocycles. The summed E-state index contributed by atoms with van der Waals surface area (Å²) in [6.45, 7) is 1.76. The van der Waals surface area contributed by atoms with Gasteiger partial charge < -0.3 is 0 Å². The standard InChI is InChI=1S/C4H9O2S.Hg/c1-3-4(5,6)7-2;/h5-6H,2-3H2,1H3;/q;+1. The van der Waals surface area contributed by atoms with Gasteiger partial charge in [0.2, 0.25) is 0 Å². The Labute approximate surface area is 69.6 Å². The Bertz CT molecular complexity index is 67.1. The molecule has 0 spiro atoms. The maximum absolute atomic E-state index is 8.87. The summed E-state index contributed by atoms with van der Waals surface area (Å²) in [4.78, 5) is 0. The summed E-state index contributed by atoms with van der Waals surface area (Å²) in [5, 5.41) is 16.3. The monoisotopic (exact) mass is 323 g/mol. The van der Waals surface area contributed by atoms with E-state index in [4.69, 9.17) is 10.2 Å².